The molecule has 17 heteroatoms. The summed E-state index contributed by atoms with van der Waals surface area (Å²) in [6, 6.07) is -0.116. The van der Waals surface area contributed by atoms with Gasteiger partial charge in [-0.1, -0.05) is 29.0 Å². The molecule has 1 aliphatic rings. The Hall–Kier alpha value is -2.18. The summed E-state index contributed by atoms with van der Waals surface area (Å²) in [5.41, 5.74) is 5.25. The van der Waals surface area contributed by atoms with Crippen molar-refractivity contribution < 1.29 is 40.1 Å². The largest absolute Gasteiger partial charge is 0.450 e. The van der Waals surface area contributed by atoms with Crippen LogP contribution in [0.1, 0.15) is 44.5 Å². The van der Waals surface area contributed by atoms with Crippen molar-refractivity contribution in [3.8, 4) is 0 Å². The first-order valence-corrected chi connectivity index (χ1v) is 15.5. The molecule has 2 amide bonds. The summed E-state index contributed by atoms with van der Waals surface area (Å²) < 4.78 is 89.9. The lowest BCUT2D eigenvalue weighted by atomic mass is 9.78. The highest BCUT2D eigenvalue weighted by Gasteiger charge is 2.43. The van der Waals surface area contributed by atoms with E-state index in [-0.39, 0.29) is 43.7 Å². The number of alkyl halides is 7. The van der Waals surface area contributed by atoms with E-state index in [0.717, 1.165) is 12.8 Å². The summed E-state index contributed by atoms with van der Waals surface area (Å²) in [7, 11) is -1.12. The lowest BCUT2D eigenvalue weighted by molar-refractivity contribution is -0.181. The third kappa shape index (κ3) is 10.2. The quantitative estimate of drug-likeness (QED) is 0.0835. The SMILES string of the molecule is Cc1nc(CN(/N=C(\N)C(F)(F)F)[C@@H](C)C(F)(F)F)ccc1NC(=O)C1CCCC(I)C1C(=O)N[C@@H](C)CS(C)=O. The highest BCUT2D eigenvalue weighted by Crippen LogP contribution is 2.36. The number of hydrogen-bond donors (Lipinski definition) is 3. The third-order valence-corrected chi connectivity index (χ3v) is 8.87. The number of carbonyl (C=O) groups excluding carboxylic acids is 2. The summed E-state index contributed by atoms with van der Waals surface area (Å²) in [6.45, 7) is 3.11. The number of carbonyl (C=O) groups is 2. The van der Waals surface area contributed by atoms with Gasteiger partial charge in [-0.2, -0.15) is 31.4 Å². The minimum Gasteiger partial charge on any atom is -0.378 e. The Morgan fingerprint density at radius 1 is 1.20 bits per heavy atom. The maximum atomic E-state index is 13.3. The molecule has 1 heterocycles. The van der Waals surface area contributed by atoms with Crippen LogP contribution in [0.2, 0.25) is 0 Å². The fraction of sp³-hybridized carbons (Fsp3) is 0.667. The van der Waals surface area contributed by atoms with E-state index in [4.69, 9.17) is 5.73 Å². The Kier molecular flexibility index (Phi) is 12.2. The molecule has 0 radical (unpaired) electrons. The fourth-order valence-electron chi connectivity index (χ4n) is 4.37. The van der Waals surface area contributed by atoms with Gasteiger partial charge in [-0.25, -0.2) is 0 Å². The van der Waals surface area contributed by atoms with Gasteiger partial charge in [-0.05, 0) is 45.7 Å². The highest BCUT2D eigenvalue weighted by molar-refractivity contribution is 14.1. The van der Waals surface area contributed by atoms with Crippen LogP contribution < -0.4 is 16.4 Å². The summed E-state index contributed by atoms with van der Waals surface area (Å²) in [4.78, 5) is 30.5. The number of nitrogens with one attached hydrogen (secondary N) is 2. The van der Waals surface area contributed by atoms with E-state index in [0.29, 0.717) is 13.3 Å². The maximum absolute atomic E-state index is 13.3. The van der Waals surface area contributed by atoms with Crippen LogP contribution in [0.3, 0.4) is 0 Å². The Bertz CT molecular complexity index is 1150. The maximum Gasteiger partial charge on any atom is 0.450 e. The van der Waals surface area contributed by atoms with Gasteiger partial charge < -0.3 is 16.4 Å². The molecular formula is C24H33F6IN6O3S. The van der Waals surface area contributed by atoms with Crippen molar-refractivity contribution in [2.75, 3.05) is 17.3 Å². The Morgan fingerprint density at radius 2 is 1.83 bits per heavy atom. The zero-order valence-electron chi connectivity index (χ0n) is 22.8. The first-order chi connectivity index (χ1) is 18.8. The van der Waals surface area contributed by atoms with Crippen molar-refractivity contribution in [2.45, 2.75) is 74.9 Å². The first kappa shape index (κ1) is 35.0. The van der Waals surface area contributed by atoms with E-state index in [1.54, 1.807) is 6.92 Å². The smallest absolute Gasteiger partial charge is 0.378 e. The topological polar surface area (TPSA) is 130 Å². The standard InChI is InChI=1S/C24H33F6IN6O3S/c1-12(11-41(4)40)33-21(39)19-16(6-5-7-17(19)31)20(38)35-18-9-8-15(34-13(18)2)10-37(14(3)23(25,26)27)36-22(32)24(28,29)30/h8-9,12,14,16-17,19H,5-7,10-11H2,1-4H3,(H2,32,36)(H,33,39)(H,35,38)/t12-,14-,16?,17?,19?,41?/m0/s1. The van der Waals surface area contributed by atoms with Gasteiger partial charge in [-0.3, -0.25) is 23.8 Å². The van der Waals surface area contributed by atoms with Crippen molar-refractivity contribution in [1.82, 2.24) is 15.3 Å². The van der Waals surface area contributed by atoms with E-state index < -0.39 is 59.3 Å². The number of aryl methyl sites for hydroxylation is 1. The molecule has 4 unspecified atom stereocenters. The molecule has 232 valence electrons. The number of hydrogen-bond acceptors (Lipinski definition) is 6. The molecule has 0 aromatic carbocycles. The molecule has 0 saturated heterocycles. The highest BCUT2D eigenvalue weighted by atomic mass is 127. The van der Waals surface area contributed by atoms with E-state index in [9.17, 15) is 40.1 Å². The Labute approximate surface area is 250 Å². The molecule has 41 heavy (non-hydrogen) atoms. The molecule has 1 saturated carbocycles. The van der Waals surface area contributed by atoms with Gasteiger partial charge in [0.15, 0.2) is 0 Å². The fourth-order valence-corrected chi connectivity index (χ4v) is 6.42. The average molecular weight is 727 g/mol. The van der Waals surface area contributed by atoms with Crippen LogP contribution in [0.5, 0.6) is 0 Å². The van der Waals surface area contributed by atoms with Crippen LogP contribution in [0.25, 0.3) is 0 Å². The van der Waals surface area contributed by atoms with Gasteiger partial charge in [0.2, 0.25) is 17.6 Å². The van der Waals surface area contributed by atoms with Crippen molar-refractivity contribution >= 4 is 56.7 Å². The molecular weight excluding hydrogens is 693 g/mol. The number of hydrazone groups is 1. The number of anilines is 1. The number of aromatic nitrogens is 1. The van der Waals surface area contributed by atoms with Crippen LogP contribution in [0.15, 0.2) is 17.2 Å². The molecule has 0 bridgehead atoms. The lowest BCUT2D eigenvalue weighted by Gasteiger charge is -2.34. The molecule has 2 rings (SSSR count). The number of amidine groups is 1. The Morgan fingerprint density at radius 3 is 2.37 bits per heavy atom. The van der Waals surface area contributed by atoms with Crippen LogP contribution in [-0.4, -0.2) is 72.2 Å². The number of nitrogens with two attached hydrogens (primary N) is 1. The van der Waals surface area contributed by atoms with Gasteiger partial charge in [0, 0.05) is 32.8 Å². The van der Waals surface area contributed by atoms with Gasteiger partial charge in [0.1, 0.15) is 6.04 Å². The molecule has 0 aliphatic heterocycles. The van der Waals surface area contributed by atoms with E-state index in [1.807, 2.05) is 0 Å². The number of halogens is 7. The normalized spacial score (nSPS) is 22.4. The van der Waals surface area contributed by atoms with Gasteiger partial charge >= 0.3 is 12.4 Å². The minimum absolute atomic E-state index is 0.0418. The monoisotopic (exact) mass is 726 g/mol. The molecule has 6 atom stereocenters. The zero-order chi connectivity index (χ0) is 31.3. The van der Waals surface area contributed by atoms with E-state index in [1.165, 1.54) is 25.3 Å². The zero-order valence-corrected chi connectivity index (χ0v) is 25.7. The minimum atomic E-state index is -5.13. The molecule has 1 fully saturated rings. The van der Waals surface area contributed by atoms with E-state index in [2.05, 4.69) is 43.3 Å². The van der Waals surface area contributed by atoms with Crippen molar-refractivity contribution in [1.29, 1.82) is 0 Å². The van der Waals surface area contributed by atoms with Crippen molar-refractivity contribution in [2.24, 2.45) is 22.7 Å². The van der Waals surface area contributed by atoms with Gasteiger partial charge in [0.25, 0.3) is 0 Å². The van der Waals surface area contributed by atoms with Crippen LogP contribution >= 0.6 is 22.6 Å². The molecule has 1 aromatic rings. The average Bonchev–Trinajstić information content (AvgIpc) is 2.82. The Balaban J connectivity index is 2.23. The third-order valence-electron chi connectivity index (χ3n) is 6.50. The number of pyridine rings is 1. The molecule has 4 N–H and O–H groups in total. The second kappa shape index (κ2) is 14.3. The predicted octanol–water partition coefficient (Wildman–Crippen LogP) is 4.02. The number of nitrogens with zero attached hydrogens (tertiary/aromatic N) is 3. The van der Waals surface area contributed by atoms with Gasteiger partial charge in [-0.15, -0.1) is 0 Å². The molecule has 1 aliphatic carbocycles. The van der Waals surface area contributed by atoms with Crippen LogP contribution in [0.4, 0.5) is 32.0 Å². The predicted molar refractivity (Wildman–Crippen MR) is 152 cm³/mol. The summed E-state index contributed by atoms with van der Waals surface area (Å²) in [5.74, 6) is -3.74. The summed E-state index contributed by atoms with van der Waals surface area (Å²) in [5, 5.41) is 8.68. The number of rotatable bonds is 10. The van der Waals surface area contributed by atoms with Crippen molar-refractivity contribution in [3.63, 3.8) is 0 Å². The lowest BCUT2D eigenvalue weighted by Crippen LogP contribution is -2.49. The summed E-state index contributed by atoms with van der Waals surface area (Å²) >= 11 is 2.14. The second-order valence-electron chi connectivity index (χ2n) is 9.95. The van der Waals surface area contributed by atoms with Crippen molar-refractivity contribution in [3.05, 3.63) is 23.5 Å². The number of amides is 2. The van der Waals surface area contributed by atoms with Crippen LogP contribution in [-0.2, 0) is 26.9 Å². The second-order valence-corrected chi connectivity index (χ2v) is 13.0. The molecule has 0 spiro atoms. The van der Waals surface area contributed by atoms with E-state index >= 15 is 0 Å². The first-order valence-electron chi connectivity index (χ1n) is 12.6. The molecule has 9 nitrogen and oxygen atoms in total. The summed E-state index contributed by atoms with van der Waals surface area (Å²) in [6.07, 6.45) is -6.59. The van der Waals surface area contributed by atoms with Crippen LogP contribution in [0, 0.1) is 18.8 Å². The van der Waals surface area contributed by atoms with Gasteiger partial charge in [0.05, 0.1) is 35.5 Å². The molecule has 1 aromatic heterocycles.